The number of carbonyl (C=O) groups excluding carboxylic acids is 1. The minimum atomic E-state index is -1.05. The highest BCUT2D eigenvalue weighted by molar-refractivity contribution is 7.80. The quantitative estimate of drug-likeness (QED) is 0.165. The molecule has 2 N–H and O–H groups in total. The molecule has 1 fully saturated rings. The summed E-state index contributed by atoms with van der Waals surface area (Å²) in [7, 11) is 0. The van der Waals surface area contributed by atoms with Gasteiger partial charge in [-0.2, -0.15) is 12.6 Å². The maximum Gasteiger partial charge on any atom is 0.328 e. The standard InChI is InChI=1S/C30H30Cl3N3O3S/c1-30(13-5-14-36(30)18-19-8-10-23(32)24(33)16-19)29(39)35-25-11-9-21(31)17-22(25)27(20-6-3-2-4-7-20)34-26(12-15-40)28(37)38/h2-4,6-11,16-17,26,40H,5,12-15,18H2,1H3,(H,35,39)(H,37,38)/t26-,30+/m1/s1. The van der Waals surface area contributed by atoms with E-state index in [0.29, 0.717) is 56.3 Å². The van der Waals surface area contributed by atoms with E-state index in [4.69, 9.17) is 34.8 Å². The molecular weight excluding hydrogens is 589 g/mol. The highest BCUT2D eigenvalue weighted by Crippen LogP contribution is 2.34. The van der Waals surface area contributed by atoms with E-state index in [1.807, 2.05) is 49.4 Å². The molecule has 1 amide bonds. The zero-order valence-electron chi connectivity index (χ0n) is 21.9. The molecule has 0 saturated carbocycles. The topological polar surface area (TPSA) is 82.0 Å². The first-order valence-corrected chi connectivity index (χ1v) is 14.7. The van der Waals surface area contributed by atoms with Crippen molar-refractivity contribution in [3.05, 3.63) is 98.5 Å². The van der Waals surface area contributed by atoms with Crippen molar-refractivity contribution < 1.29 is 14.7 Å². The van der Waals surface area contributed by atoms with Gasteiger partial charge in [-0.1, -0.05) is 71.2 Å². The third-order valence-corrected chi connectivity index (χ3v) is 8.37. The van der Waals surface area contributed by atoms with Crippen LogP contribution in [0.15, 0.2) is 71.7 Å². The van der Waals surface area contributed by atoms with E-state index in [1.54, 1.807) is 24.3 Å². The van der Waals surface area contributed by atoms with Crippen molar-refractivity contribution in [3.8, 4) is 0 Å². The molecule has 1 saturated heterocycles. The summed E-state index contributed by atoms with van der Waals surface area (Å²) in [5.74, 6) is -0.869. The zero-order valence-corrected chi connectivity index (χ0v) is 25.1. The van der Waals surface area contributed by atoms with Crippen LogP contribution >= 0.6 is 47.4 Å². The van der Waals surface area contributed by atoms with E-state index in [1.165, 1.54) is 0 Å². The Morgan fingerprint density at radius 1 is 1.07 bits per heavy atom. The predicted molar refractivity (Wildman–Crippen MR) is 167 cm³/mol. The predicted octanol–water partition coefficient (Wildman–Crippen LogP) is 7.25. The Labute approximate surface area is 254 Å². The van der Waals surface area contributed by atoms with E-state index >= 15 is 0 Å². The second kappa shape index (κ2) is 13.4. The highest BCUT2D eigenvalue weighted by atomic mass is 35.5. The molecule has 3 aromatic carbocycles. The molecule has 0 aromatic heterocycles. The molecule has 1 aliphatic heterocycles. The van der Waals surface area contributed by atoms with Gasteiger partial charge in [-0.25, -0.2) is 4.79 Å². The largest absolute Gasteiger partial charge is 0.480 e. The summed E-state index contributed by atoms with van der Waals surface area (Å²) in [5, 5.41) is 14.3. The van der Waals surface area contributed by atoms with Crippen molar-refractivity contribution in [2.45, 2.75) is 44.3 Å². The number of thiol groups is 1. The van der Waals surface area contributed by atoms with Crippen LogP contribution in [0, 0.1) is 0 Å². The first kappa shape index (κ1) is 30.4. The van der Waals surface area contributed by atoms with Crippen LogP contribution in [0.2, 0.25) is 15.1 Å². The number of anilines is 1. The lowest BCUT2D eigenvalue weighted by molar-refractivity contribution is -0.138. The minimum Gasteiger partial charge on any atom is -0.480 e. The van der Waals surface area contributed by atoms with Gasteiger partial charge in [0.15, 0.2) is 0 Å². The van der Waals surface area contributed by atoms with Crippen LogP contribution in [0.1, 0.15) is 42.9 Å². The normalized spacial score (nSPS) is 18.5. The van der Waals surface area contributed by atoms with E-state index in [-0.39, 0.29) is 12.3 Å². The van der Waals surface area contributed by atoms with Gasteiger partial charge in [-0.15, -0.1) is 0 Å². The summed E-state index contributed by atoms with van der Waals surface area (Å²) in [6, 6.07) is 18.9. The van der Waals surface area contributed by atoms with Gasteiger partial charge in [0.05, 0.1) is 27.0 Å². The maximum atomic E-state index is 13.9. The Balaban J connectivity index is 1.70. The first-order valence-electron chi connectivity index (χ1n) is 12.9. The number of hydrogen-bond donors (Lipinski definition) is 3. The molecule has 0 spiro atoms. The Hall–Kier alpha value is -2.55. The fourth-order valence-electron chi connectivity index (χ4n) is 4.88. The number of rotatable bonds is 10. The van der Waals surface area contributed by atoms with Gasteiger partial charge in [0.1, 0.15) is 6.04 Å². The summed E-state index contributed by atoms with van der Waals surface area (Å²) in [5.41, 5.74) is 2.34. The van der Waals surface area contributed by atoms with Crippen LogP contribution in [-0.4, -0.2) is 51.5 Å². The number of likely N-dealkylation sites (tertiary alicyclic amines) is 1. The van der Waals surface area contributed by atoms with Crippen molar-refractivity contribution in [2.75, 3.05) is 17.6 Å². The van der Waals surface area contributed by atoms with Gasteiger partial charge in [0, 0.05) is 22.7 Å². The highest BCUT2D eigenvalue weighted by Gasteiger charge is 2.43. The molecule has 0 radical (unpaired) electrons. The fourth-order valence-corrected chi connectivity index (χ4v) is 5.62. The molecule has 0 aliphatic carbocycles. The van der Waals surface area contributed by atoms with Crippen LogP contribution in [0.25, 0.3) is 0 Å². The van der Waals surface area contributed by atoms with Crippen molar-refractivity contribution in [1.29, 1.82) is 0 Å². The number of benzene rings is 3. The number of hydrogen-bond acceptors (Lipinski definition) is 5. The average molecular weight is 619 g/mol. The number of carbonyl (C=O) groups is 2. The van der Waals surface area contributed by atoms with Crippen molar-refractivity contribution in [3.63, 3.8) is 0 Å². The van der Waals surface area contributed by atoms with Crippen molar-refractivity contribution in [1.82, 2.24) is 4.90 Å². The van der Waals surface area contributed by atoms with Crippen LogP contribution < -0.4 is 5.32 Å². The van der Waals surface area contributed by atoms with Gasteiger partial charge in [0.2, 0.25) is 5.91 Å². The van der Waals surface area contributed by atoms with Gasteiger partial charge in [-0.05, 0) is 74.4 Å². The summed E-state index contributed by atoms with van der Waals surface area (Å²) in [6.45, 7) is 3.22. The number of aliphatic imine (C=N–C) groups is 1. The molecule has 1 aliphatic rings. The molecular formula is C30H30Cl3N3O3S. The second-order valence-corrected chi connectivity index (χ2v) is 11.6. The van der Waals surface area contributed by atoms with Crippen LogP contribution in [0.5, 0.6) is 0 Å². The smallest absolute Gasteiger partial charge is 0.328 e. The third kappa shape index (κ3) is 7.01. The number of carboxylic acid groups (broad SMARTS) is 1. The number of amides is 1. The molecule has 10 heteroatoms. The van der Waals surface area contributed by atoms with Crippen LogP contribution in [-0.2, 0) is 16.1 Å². The minimum absolute atomic E-state index is 0.175. The first-order chi connectivity index (χ1) is 19.1. The molecule has 3 aromatic rings. The third-order valence-electron chi connectivity index (χ3n) is 7.14. The lowest BCUT2D eigenvalue weighted by atomic mass is 9.95. The number of aliphatic carboxylic acids is 1. The van der Waals surface area contributed by atoms with Crippen molar-refractivity contribution in [2.24, 2.45) is 4.99 Å². The molecule has 210 valence electrons. The number of halogens is 3. The molecule has 0 bridgehead atoms. The zero-order chi connectivity index (χ0) is 28.9. The second-order valence-electron chi connectivity index (χ2n) is 9.90. The SMILES string of the molecule is C[C@@]1(C(=O)Nc2ccc(Cl)cc2C(=N[C@H](CCS)C(=O)O)c2ccccc2)CCCN1Cc1ccc(Cl)c(Cl)c1. The Morgan fingerprint density at radius 3 is 2.50 bits per heavy atom. The summed E-state index contributed by atoms with van der Waals surface area (Å²) >= 11 is 23.0. The van der Waals surface area contributed by atoms with E-state index < -0.39 is 17.6 Å². The number of nitrogens with zero attached hydrogens (tertiary/aromatic N) is 2. The molecule has 2 atom stereocenters. The van der Waals surface area contributed by atoms with E-state index in [0.717, 1.165) is 18.5 Å². The molecule has 40 heavy (non-hydrogen) atoms. The Bertz CT molecular complexity index is 1420. The van der Waals surface area contributed by atoms with Gasteiger partial charge in [0.25, 0.3) is 0 Å². The number of carboxylic acids is 1. The van der Waals surface area contributed by atoms with Crippen LogP contribution in [0.4, 0.5) is 5.69 Å². The van der Waals surface area contributed by atoms with Crippen molar-refractivity contribution >= 4 is 70.7 Å². The summed E-state index contributed by atoms with van der Waals surface area (Å²) < 4.78 is 0. The lowest BCUT2D eigenvalue weighted by Gasteiger charge is -2.34. The van der Waals surface area contributed by atoms with Gasteiger partial charge in [-0.3, -0.25) is 14.7 Å². The van der Waals surface area contributed by atoms with Gasteiger partial charge < -0.3 is 10.4 Å². The maximum absolute atomic E-state index is 13.9. The Kier molecular flexibility index (Phi) is 10.2. The van der Waals surface area contributed by atoms with E-state index in [9.17, 15) is 14.7 Å². The van der Waals surface area contributed by atoms with Gasteiger partial charge >= 0.3 is 5.97 Å². The Morgan fingerprint density at radius 2 is 1.82 bits per heavy atom. The average Bonchev–Trinajstić information content (AvgIpc) is 3.31. The fraction of sp³-hybridized carbons (Fsp3) is 0.300. The monoisotopic (exact) mass is 617 g/mol. The lowest BCUT2D eigenvalue weighted by Crippen LogP contribution is -2.50. The summed E-state index contributed by atoms with van der Waals surface area (Å²) in [6.07, 6.45) is 1.78. The number of nitrogens with one attached hydrogen (secondary N) is 1. The molecule has 1 heterocycles. The molecule has 4 rings (SSSR count). The van der Waals surface area contributed by atoms with E-state index in [2.05, 4.69) is 27.8 Å². The molecule has 6 nitrogen and oxygen atoms in total. The summed E-state index contributed by atoms with van der Waals surface area (Å²) in [4.78, 5) is 32.7. The molecule has 0 unspecified atom stereocenters. The van der Waals surface area contributed by atoms with Crippen LogP contribution in [0.3, 0.4) is 0 Å².